The summed E-state index contributed by atoms with van der Waals surface area (Å²) in [6.45, 7) is 3.84. The summed E-state index contributed by atoms with van der Waals surface area (Å²) in [6, 6.07) is 16.0. The maximum Gasteiger partial charge on any atom is 0.416 e. The first kappa shape index (κ1) is 26.1. The number of anilines is 2. The molecule has 5 rings (SSSR count). The Morgan fingerprint density at radius 3 is 2.58 bits per heavy atom. The van der Waals surface area contributed by atoms with E-state index in [4.69, 9.17) is 33.3 Å². The van der Waals surface area contributed by atoms with Crippen LogP contribution in [0.25, 0.3) is 0 Å². The number of amides is 1. The van der Waals surface area contributed by atoms with Gasteiger partial charge in [-0.25, -0.2) is 0 Å². The molecule has 1 saturated heterocycles. The van der Waals surface area contributed by atoms with E-state index in [0.29, 0.717) is 34.4 Å². The lowest BCUT2D eigenvalue weighted by Crippen LogP contribution is -2.72. The van der Waals surface area contributed by atoms with Crippen LogP contribution in [0.1, 0.15) is 31.0 Å². The third kappa shape index (κ3) is 4.52. The van der Waals surface area contributed by atoms with Crippen molar-refractivity contribution in [1.29, 1.82) is 0 Å². The first-order valence-electron chi connectivity index (χ1n) is 11.8. The Labute approximate surface area is 227 Å². The number of rotatable bonds is 5. The molecule has 38 heavy (non-hydrogen) atoms. The highest BCUT2D eigenvalue weighted by Crippen LogP contribution is 2.53. The van der Waals surface area contributed by atoms with Crippen molar-refractivity contribution >= 4 is 46.2 Å². The van der Waals surface area contributed by atoms with Crippen molar-refractivity contribution in [2.24, 2.45) is 5.92 Å². The highest BCUT2D eigenvalue weighted by atomic mass is 35.5. The summed E-state index contributed by atoms with van der Waals surface area (Å²) in [5, 5.41) is 6.71. The summed E-state index contributed by atoms with van der Waals surface area (Å²) in [6.07, 6.45) is -4.57. The van der Waals surface area contributed by atoms with Crippen LogP contribution in [0.4, 0.5) is 24.5 Å². The highest BCUT2D eigenvalue weighted by molar-refractivity contribution is 7.80. The molecular weight excluding hydrogens is 539 g/mol. The minimum atomic E-state index is -4.57. The number of alkyl halides is 3. The summed E-state index contributed by atoms with van der Waals surface area (Å²) in [5.41, 5.74) is -1.09. The van der Waals surface area contributed by atoms with Crippen LogP contribution in [0.2, 0.25) is 5.02 Å². The second kappa shape index (κ2) is 9.67. The third-order valence-electron chi connectivity index (χ3n) is 6.62. The molecule has 2 aliphatic rings. The number of nitrogens with zero attached hydrogens (tertiary/aromatic N) is 1. The average molecular weight is 562 g/mol. The van der Waals surface area contributed by atoms with Gasteiger partial charge in [0.2, 0.25) is 5.91 Å². The number of nitrogens with one attached hydrogen (secondary N) is 2. The topological polar surface area (TPSA) is 62.8 Å². The van der Waals surface area contributed by atoms with Crippen molar-refractivity contribution in [2.75, 3.05) is 16.8 Å². The van der Waals surface area contributed by atoms with Crippen LogP contribution >= 0.6 is 23.8 Å². The Bertz CT molecular complexity index is 1400. The van der Waals surface area contributed by atoms with Crippen molar-refractivity contribution in [3.8, 4) is 11.5 Å². The molecule has 11 heteroatoms. The third-order valence-corrected chi connectivity index (χ3v) is 7.17. The molecule has 2 heterocycles. The summed E-state index contributed by atoms with van der Waals surface area (Å²) in [7, 11) is 0. The van der Waals surface area contributed by atoms with Crippen LogP contribution in [0.5, 0.6) is 11.5 Å². The number of halogens is 4. The first-order chi connectivity index (χ1) is 18.0. The van der Waals surface area contributed by atoms with E-state index in [-0.39, 0.29) is 10.8 Å². The number of hydrogen-bond acceptors (Lipinski definition) is 4. The molecule has 0 spiro atoms. The van der Waals surface area contributed by atoms with E-state index < -0.39 is 35.3 Å². The van der Waals surface area contributed by atoms with E-state index in [1.165, 1.54) is 17.0 Å². The molecule has 2 aliphatic heterocycles. The molecule has 0 aromatic heterocycles. The smallest absolute Gasteiger partial charge is 0.416 e. The van der Waals surface area contributed by atoms with Gasteiger partial charge in [-0.15, -0.1) is 0 Å². The van der Waals surface area contributed by atoms with Gasteiger partial charge in [0, 0.05) is 22.0 Å². The highest BCUT2D eigenvalue weighted by Gasteiger charge is 2.59. The Hall–Kier alpha value is -3.50. The van der Waals surface area contributed by atoms with E-state index >= 15 is 0 Å². The van der Waals surface area contributed by atoms with Crippen LogP contribution in [-0.2, 0) is 11.0 Å². The van der Waals surface area contributed by atoms with Crippen LogP contribution < -0.4 is 25.0 Å². The van der Waals surface area contributed by atoms with Gasteiger partial charge in [0.25, 0.3) is 0 Å². The Balaban J connectivity index is 1.65. The second-order valence-electron chi connectivity index (χ2n) is 9.05. The summed E-state index contributed by atoms with van der Waals surface area (Å²) >= 11 is 11.6. The lowest BCUT2D eigenvalue weighted by atomic mass is 9.78. The minimum Gasteiger partial charge on any atom is -0.490 e. The molecule has 1 fully saturated rings. The number of para-hydroxylation sites is 1. The standard InChI is InChI=1S/C27H23ClF3N3O3S/c1-3-36-20-9-5-8-19-22-21(24(35)32-17-12-10-16(28)11-13-17)26(2,37-23(19)20)34(25(38)33-22)18-7-4-6-15(14-18)27(29,30)31/h4-14,21-22H,3H2,1-2H3,(H,32,35)(H,33,38)/t21-,22+,26+/m1/s1. The first-order valence-corrected chi connectivity index (χ1v) is 12.6. The molecule has 0 unspecified atom stereocenters. The van der Waals surface area contributed by atoms with Crippen LogP contribution in [0.3, 0.4) is 0 Å². The lowest BCUT2D eigenvalue weighted by molar-refractivity contribution is -0.137. The van der Waals surface area contributed by atoms with Crippen molar-refractivity contribution in [3.05, 3.63) is 82.9 Å². The van der Waals surface area contributed by atoms with Gasteiger partial charge < -0.3 is 20.1 Å². The fraction of sp³-hybridized carbons (Fsp3) is 0.259. The molecule has 198 valence electrons. The van der Waals surface area contributed by atoms with Crippen LogP contribution in [-0.4, -0.2) is 23.4 Å². The molecule has 2 N–H and O–H groups in total. The zero-order chi connectivity index (χ0) is 27.2. The summed E-state index contributed by atoms with van der Waals surface area (Å²) in [4.78, 5) is 15.3. The number of fused-ring (bicyclic) bond motifs is 4. The molecule has 6 nitrogen and oxygen atoms in total. The van der Waals surface area contributed by atoms with E-state index in [2.05, 4.69) is 10.6 Å². The maximum atomic E-state index is 13.9. The molecule has 2 bridgehead atoms. The van der Waals surface area contributed by atoms with E-state index in [0.717, 1.165) is 12.1 Å². The predicted octanol–water partition coefficient (Wildman–Crippen LogP) is 6.56. The quantitative estimate of drug-likeness (QED) is 0.344. The van der Waals surface area contributed by atoms with Gasteiger partial charge in [0.05, 0.1) is 18.2 Å². The van der Waals surface area contributed by atoms with Gasteiger partial charge in [-0.3, -0.25) is 9.69 Å². The number of carbonyl (C=O) groups is 1. The summed E-state index contributed by atoms with van der Waals surface area (Å²) < 4.78 is 53.1. The van der Waals surface area contributed by atoms with Crippen LogP contribution in [0.15, 0.2) is 66.7 Å². The molecular formula is C27H23ClF3N3O3S. The molecule has 3 aromatic rings. The number of carbonyl (C=O) groups excluding carboxylic acids is 1. The lowest BCUT2D eigenvalue weighted by Gasteiger charge is -2.56. The maximum absolute atomic E-state index is 13.9. The molecule has 0 saturated carbocycles. The second-order valence-corrected chi connectivity index (χ2v) is 9.87. The Morgan fingerprint density at radius 1 is 1.18 bits per heavy atom. The van der Waals surface area contributed by atoms with Crippen molar-refractivity contribution < 1.29 is 27.4 Å². The number of benzene rings is 3. The van der Waals surface area contributed by atoms with Gasteiger partial charge in [-0.2, -0.15) is 13.2 Å². The van der Waals surface area contributed by atoms with Crippen molar-refractivity contribution in [2.45, 2.75) is 31.8 Å². The fourth-order valence-corrected chi connectivity index (χ4v) is 5.54. The molecule has 1 amide bonds. The number of ether oxygens (including phenoxy) is 2. The van der Waals surface area contributed by atoms with Gasteiger partial charge in [0.1, 0.15) is 5.92 Å². The molecule has 3 aromatic carbocycles. The van der Waals surface area contributed by atoms with Crippen molar-refractivity contribution in [1.82, 2.24) is 5.32 Å². The van der Waals surface area contributed by atoms with Gasteiger partial charge in [0.15, 0.2) is 22.3 Å². The zero-order valence-electron chi connectivity index (χ0n) is 20.3. The average Bonchev–Trinajstić information content (AvgIpc) is 2.85. The van der Waals surface area contributed by atoms with Crippen LogP contribution in [0, 0.1) is 5.92 Å². The predicted molar refractivity (Wildman–Crippen MR) is 143 cm³/mol. The van der Waals surface area contributed by atoms with E-state index in [1.54, 1.807) is 49.4 Å². The van der Waals surface area contributed by atoms with E-state index in [1.807, 2.05) is 6.92 Å². The minimum absolute atomic E-state index is 0.125. The van der Waals surface area contributed by atoms with Gasteiger partial charge in [-0.1, -0.05) is 29.8 Å². The number of thiocarbonyl (C=S) groups is 1. The largest absolute Gasteiger partial charge is 0.490 e. The molecule has 0 aliphatic carbocycles. The number of hydrogen-bond donors (Lipinski definition) is 2. The molecule has 3 atom stereocenters. The monoisotopic (exact) mass is 561 g/mol. The Kier molecular flexibility index (Phi) is 6.65. The fourth-order valence-electron chi connectivity index (χ4n) is 5.00. The summed E-state index contributed by atoms with van der Waals surface area (Å²) in [5.74, 6) is -0.510. The van der Waals surface area contributed by atoms with Gasteiger partial charge in [-0.05, 0) is 74.6 Å². The zero-order valence-corrected chi connectivity index (χ0v) is 21.9. The van der Waals surface area contributed by atoms with Crippen molar-refractivity contribution in [3.63, 3.8) is 0 Å². The van der Waals surface area contributed by atoms with Gasteiger partial charge >= 0.3 is 6.18 Å². The SMILES string of the molecule is CCOc1cccc2c1O[C@@]1(C)[C@@H](C(=O)Nc3ccc(Cl)cc3)[C@H]2NC(=S)N1c1cccc(C(F)(F)F)c1. The normalized spacial score (nSPS) is 22.2. The Morgan fingerprint density at radius 2 is 1.89 bits per heavy atom. The van der Waals surface area contributed by atoms with E-state index in [9.17, 15) is 18.0 Å². The molecule has 0 radical (unpaired) electrons.